The molecule has 0 unspecified atom stereocenters. The van der Waals surface area contributed by atoms with Crippen LogP contribution in [0.2, 0.25) is 10.0 Å². The fourth-order valence-electron chi connectivity index (χ4n) is 5.02. The summed E-state index contributed by atoms with van der Waals surface area (Å²) in [5.74, 6) is -3.32. The number of rotatable bonds is 7. The molecule has 44 heavy (non-hydrogen) atoms. The molecule has 1 fully saturated rings. The van der Waals surface area contributed by atoms with Crippen LogP contribution in [0.1, 0.15) is 22.6 Å². The summed E-state index contributed by atoms with van der Waals surface area (Å²) in [7, 11) is 2.52. The highest BCUT2D eigenvalue weighted by molar-refractivity contribution is 6.34. The van der Waals surface area contributed by atoms with Gasteiger partial charge in [0.1, 0.15) is 23.8 Å². The topological polar surface area (TPSA) is 158 Å². The second-order valence-electron chi connectivity index (χ2n) is 10.0. The van der Waals surface area contributed by atoms with E-state index in [0.717, 1.165) is 24.1 Å². The lowest BCUT2D eigenvalue weighted by Gasteiger charge is -2.18. The first-order chi connectivity index (χ1) is 20.7. The fraction of sp³-hybridized carbons (Fsp3) is 0.296. The maximum Gasteiger partial charge on any atom is 0.449 e. The number of phenols is 1. The Kier molecular flexibility index (Phi) is 8.22. The van der Waals surface area contributed by atoms with Crippen LogP contribution in [-0.2, 0) is 29.3 Å². The molecule has 0 bridgehead atoms. The first kappa shape index (κ1) is 31.1. The standard InChI is InChI=1S/C27H24Cl2F3N7O5/c1-37-25(43)21-15(12-5-14(23(33)42)22(41)16(28)6-12)10-39(24(21)36-26(37)27(30,31)32)11-20(40)35-18-7-19(34-8-17(18)29)38-4-3-13(9-38)44-2/h5-8,10,13,41H,3-4,9,11H2,1-2H3,(H2,33,42)(H,34,35,40)/t13-/m0/s1. The third-order valence-electron chi connectivity index (χ3n) is 7.22. The predicted octanol–water partition coefficient (Wildman–Crippen LogP) is 3.79. The van der Waals surface area contributed by atoms with Gasteiger partial charge in [0, 0.05) is 45.1 Å². The number of alkyl halides is 3. The van der Waals surface area contributed by atoms with Gasteiger partial charge in [-0.15, -0.1) is 0 Å². The number of hydrogen-bond donors (Lipinski definition) is 3. The van der Waals surface area contributed by atoms with E-state index in [-0.39, 0.29) is 43.9 Å². The number of amides is 2. The Hall–Kier alpha value is -4.34. The van der Waals surface area contributed by atoms with E-state index in [4.69, 9.17) is 33.7 Å². The summed E-state index contributed by atoms with van der Waals surface area (Å²) in [4.78, 5) is 48.4. The molecule has 0 spiro atoms. The molecule has 1 aliphatic heterocycles. The zero-order valence-electron chi connectivity index (χ0n) is 23.1. The zero-order valence-corrected chi connectivity index (χ0v) is 24.6. The van der Waals surface area contributed by atoms with E-state index in [1.165, 1.54) is 18.5 Å². The first-order valence-electron chi connectivity index (χ1n) is 12.9. The number of primary amides is 1. The summed E-state index contributed by atoms with van der Waals surface area (Å²) in [6.07, 6.45) is -1.61. The monoisotopic (exact) mass is 653 g/mol. The highest BCUT2D eigenvalue weighted by Crippen LogP contribution is 2.37. The smallest absolute Gasteiger partial charge is 0.449 e. The molecule has 1 atom stereocenters. The second kappa shape index (κ2) is 11.6. The van der Waals surface area contributed by atoms with E-state index < -0.39 is 47.3 Å². The molecule has 2 amide bonds. The molecule has 3 aromatic heterocycles. The summed E-state index contributed by atoms with van der Waals surface area (Å²) in [6.45, 7) is 0.656. The Morgan fingerprint density at radius 3 is 2.59 bits per heavy atom. The van der Waals surface area contributed by atoms with Gasteiger partial charge in [-0.3, -0.25) is 19.0 Å². The first-order valence-corrected chi connectivity index (χ1v) is 13.7. The maximum atomic E-state index is 13.8. The zero-order chi connectivity index (χ0) is 32.1. The van der Waals surface area contributed by atoms with Gasteiger partial charge in [0.15, 0.2) is 0 Å². The third-order valence-corrected chi connectivity index (χ3v) is 7.81. The number of aromatic hydroxyl groups is 1. The molecule has 5 rings (SSSR count). The van der Waals surface area contributed by atoms with Crippen LogP contribution in [0.25, 0.3) is 22.2 Å². The van der Waals surface area contributed by atoms with Crippen LogP contribution < -0.4 is 21.5 Å². The fourth-order valence-corrected chi connectivity index (χ4v) is 5.39. The van der Waals surface area contributed by atoms with Crippen molar-refractivity contribution in [2.24, 2.45) is 12.8 Å². The van der Waals surface area contributed by atoms with Crippen LogP contribution in [0.3, 0.4) is 0 Å². The number of pyridine rings is 1. The summed E-state index contributed by atoms with van der Waals surface area (Å²) in [5.41, 5.74) is 3.67. The number of anilines is 2. The lowest BCUT2D eigenvalue weighted by Crippen LogP contribution is -2.28. The van der Waals surface area contributed by atoms with Gasteiger partial charge >= 0.3 is 6.18 Å². The van der Waals surface area contributed by atoms with E-state index >= 15 is 0 Å². The van der Waals surface area contributed by atoms with Crippen LogP contribution in [0.15, 0.2) is 35.4 Å². The van der Waals surface area contributed by atoms with Gasteiger partial charge in [-0.1, -0.05) is 23.2 Å². The van der Waals surface area contributed by atoms with E-state index in [0.29, 0.717) is 23.5 Å². The lowest BCUT2D eigenvalue weighted by molar-refractivity contribution is -0.147. The molecule has 4 heterocycles. The van der Waals surface area contributed by atoms with Crippen LogP contribution in [0.4, 0.5) is 24.7 Å². The summed E-state index contributed by atoms with van der Waals surface area (Å²) in [5, 5.41) is 12.3. The highest BCUT2D eigenvalue weighted by Gasteiger charge is 2.37. The van der Waals surface area contributed by atoms with E-state index in [9.17, 15) is 32.7 Å². The van der Waals surface area contributed by atoms with Crippen molar-refractivity contribution in [2.75, 3.05) is 30.4 Å². The van der Waals surface area contributed by atoms with Gasteiger partial charge in [-0.05, 0) is 24.1 Å². The predicted molar refractivity (Wildman–Crippen MR) is 156 cm³/mol. The normalized spacial score (nSPS) is 15.2. The van der Waals surface area contributed by atoms with Crippen LogP contribution in [-0.4, -0.2) is 62.3 Å². The molecule has 0 aliphatic carbocycles. The highest BCUT2D eigenvalue weighted by atomic mass is 35.5. The number of hydrogen-bond acceptors (Lipinski definition) is 8. The number of benzene rings is 1. The van der Waals surface area contributed by atoms with Crippen molar-refractivity contribution < 1.29 is 32.6 Å². The summed E-state index contributed by atoms with van der Waals surface area (Å²) >= 11 is 12.4. The quantitative estimate of drug-likeness (QED) is 0.272. The molecule has 4 aromatic rings. The van der Waals surface area contributed by atoms with Gasteiger partial charge in [0.25, 0.3) is 11.5 Å². The molecule has 0 saturated carbocycles. The number of nitrogens with one attached hydrogen (secondary N) is 1. The number of nitrogens with zero attached hydrogens (tertiary/aromatic N) is 5. The Morgan fingerprint density at radius 2 is 1.95 bits per heavy atom. The van der Waals surface area contributed by atoms with Crippen molar-refractivity contribution >= 4 is 57.6 Å². The van der Waals surface area contributed by atoms with E-state index in [1.807, 2.05) is 4.90 Å². The number of carbonyl (C=O) groups excluding carboxylic acids is 2. The van der Waals surface area contributed by atoms with Crippen molar-refractivity contribution in [1.82, 2.24) is 19.1 Å². The van der Waals surface area contributed by atoms with E-state index in [1.54, 1.807) is 13.2 Å². The molecule has 1 aliphatic rings. The largest absolute Gasteiger partial charge is 0.506 e. The lowest BCUT2D eigenvalue weighted by atomic mass is 10.0. The minimum Gasteiger partial charge on any atom is -0.506 e. The van der Waals surface area contributed by atoms with Crippen molar-refractivity contribution in [3.05, 3.63) is 62.4 Å². The van der Waals surface area contributed by atoms with Gasteiger partial charge in [-0.2, -0.15) is 13.2 Å². The molecule has 4 N–H and O–H groups in total. The van der Waals surface area contributed by atoms with Crippen molar-refractivity contribution in [3.63, 3.8) is 0 Å². The molecule has 0 radical (unpaired) electrons. The molecular formula is C27H24Cl2F3N7O5. The summed E-state index contributed by atoms with van der Waals surface area (Å²) < 4.78 is 48.2. The molecule has 12 nitrogen and oxygen atoms in total. The number of aromatic nitrogens is 4. The van der Waals surface area contributed by atoms with Crippen LogP contribution in [0.5, 0.6) is 5.75 Å². The van der Waals surface area contributed by atoms with Gasteiger partial charge in [0.05, 0.1) is 39.0 Å². The molecule has 17 heteroatoms. The van der Waals surface area contributed by atoms with Crippen molar-refractivity contribution in [3.8, 4) is 16.9 Å². The Bertz CT molecular complexity index is 1880. The molecule has 232 valence electrons. The number of methoxy groups -OCH3 is 1. The minimum absolute atomic E-state index is 0.00927. The van der Waals surface area contributed by atoms with Crippen LogP contribution in [0, 0.1) is 0 Å². The number of halogens is 5. The number of nitrogens with two attached hydrogens (primary N) is 1. The Morgan fingerprint density at radius 1 is 1.23 bits per heavy atom. The molecule has 1 aromatic carbocycles. The number of carbonyl (C=O) groups is 2. The van der Waals surface area contributed by atoms with Gasteiger partial charge in [0.2, 0.25) is 11.7 Å². The van der Waals surface area contributed by atoms with Gasteiger partial charge in [-0.25, -0.2) is 9.97 Å². The summed E-state index contributed by atoms with van der Waals surface area (Å²) in [6, 6.07) is 3.89. The SMILES string of the molecule is CO[C@H]1CCN(c2cc(NC(=O)Cn3cc(-c4cc(Cl)c(O)c(C(N)=O)c4)c4c(=O)n(C)c(C(F)(F)F)nc43)c(Cl)cn2)C1. The maximum absolute atomic E-state index is 13.8. The second-order valence-corrected chi connectivity index (χ2v) is 10.9. The van der Waals surface area contributed by atoms with Gasteiger partial charge < -0.3 is 30.4 Å². The minimum atomic E-state index is -5.00. The number of ether oxygens (including phenoxy) is 1. The van der Waals surface area contributed by atoms with Crippen molar-refractivity contribution in [1.29, 1.82) is 0 Å². The van der Waals surface area contributed by atoms with E-state index in [2.05, 4.69) is 15.3 Å². The third kappa shape index (κ3) is 5.77. The van der Waals surface area contributed by atoms with Crippen molar-refractivity contribution in [2.45, 2.75) is 25.2 Å². The van der Waals surface area contributed by atoms with Crippen LogP contribution >= 0.6 is 23.2 Å². The average Bonchev–Trinajstić information content (AvgIpc) is 3.58. The Balaban J connectivity index is 1.58. The molecule has 1 saturated heterocycles. The average molecular weight is 654 g/mol. The Labute approximate surface area is 256 Å². The molecular weight excluding hydrogens is 630 g/mol. The number of fused-ring (bicyclic) bond motifs is 1.